The van der Waals surface area contributed by atoms with Gasteiger partial charge >= 0.3 is 5.97 Å². The molecule has 3 heterocycles. The van der Waals surface area contributed by atoms with Gasteiger partial charge in [0.15, 0.2) is 5.11 Å². The lowest BCUT2D eigenvalue weighted by Crippen LogP contribution is -2.31. The standard InChI is InChI=1S/C23H24N4O2S/c1-3-13-27-21(20(25-23(27)30)18-10-4-5-12-24-18)19-11-7-14-26(19)17-9-6-8-16(15-17)22(28)29-2/h4-12,14-15,20-21H,3,13H2,1-2H3,(H,25,30). The molecule has 154 valence electrons. The van der Waals surface area contributed by atoms with Gasteiger partial charge in [0.2, 0.25) is 0 Å². The number of methoxy groups -OCH3 is 1. The van der Waals surface area contributed by atoms with Crippen molar-refractivity contribution in [3.05, 3.63) is 83.9 Å². The lowest BCUT2D eigenvalue weighted by atomic mass is 10.0. The maximum absolute atomic E-state index is 12.0. The van der Waals surface area contributed by atoms with Gasteiger partial charge in [-0.25, -0.2) is 4.79 Å². The summed E-state index contributed by atoms with van der Waals surface area (Å²) in [6.45, 7) is 2.99. The third-order valence-electron chi connectivity index (χ3n) is 5.29. The molecule has 0 bridgehead atoms. The van der Waals surface area contributed by atoms with Crippen molar-refractivity contribution in [3.63, 3.8) is 0 Å². The van der Waals surface area contributed by atoms with Crippen molar-refractivity contribution >= 4 is 23.3 Å². The van der Waals surface area contributed by atoms with E-state index in [-0.39, 0.29) is 18.1 Å². The van der Waals surface area contributed by atoms with E-state index in [1.807, 2.05) is 48.7 Å². The number of nitrogens with one attached hydrogen (secondary N) is 1. The number of nitrogens with zero attached hydrogens (tertiary/aromatic N) is 3. The summed E-state index contributed by atoms with van der Waals surface area (Å²) in [6.07, 6.45) is 4.79. The second-order valence-corrected chi connectivity index (χ2v) is 7.55. The highest BCUT2D eigenvalue weighted by Gasteiger charge is 2.40. The Morgan fingerprint density at radius 3 is 2.80 bits per heavy atom. The number of hydrogen-bond donors (Lipinski definition) is 1. The Morgan fingerprint density at radius 1 is 1.20 bits per heavy atom. The van der Waals surface area contributed by atoms with Crippen LogP contribution >= 0.6 is 12.2 Å². The van der Waals surface area contributed by atoms with Crippen LogP contribution in [0.15, 0.2) is 67.0 Å². The number of esters is 1. The maximum atomic E-state index is 12.0. The Kier molecular flexibility index (Phi) is 5.81. The molecular formula is C23H24N4O2S. The summed E-state index contributed by atoms with van der Waals surface area (Å²) < 4.78 is 6.99. The molecule has 2 atom stereocenters. The van der Waals surface area contributed by atoms with E-state index in [0.717, 1.165) is 35.2 Å². The second-order valence-electron chi connectivity index (χ2n) is 7.16. The summed E-state index contributed by atoms with van der Waals surface area (Å²) >= 11 is 5.68. The van der Waals surface area contributed by atoms with Gasteiger partial charge in [0.05, 0.1) is 30.5 Å². The predicted octanol–water partition coefficient (Wildman–Crippen LogP) is 4.04. The molecule has 0 spiro atoms. The van der Waals surface area contributed by atoms with Crippen molar-refractivity contribution in [3.8, 4) is 5.69 Å². The van der Waals surface area contributed by atoms with Crippen LogP contribution in [0.4, 0.5) is 0 Å². The molecule has 0 radical (unpaired) electrons. The van der Waals surface area contributed by atoms with E-state index in [4.69, 9.17) is 17.0 Å². The molecule has 30 heavy (non-hydrogen) atoms. The zero-order valence-electron chi connectivity index (χ0n) is 17.0. The molecule has 2 aromatic heterocycles. The minimum absolute atomic E-state index is 0.0240. The number of thiocarbonyl (C=S) groups is 1. The van der Waals surface area contributed by atoms with Gasteiger partial charge in [0.1, 0.15) is 0 Å². The van der Waals surface area contributed by atoms with Crippen LogP contribution in [-0.4, -0.2) is 39.2 Å². The summed E-state index contributed by atoms with van der Waals surface area (Å²) in [5.41, 5.74) is 3.43. The molecular weight excluding hydrogens is 396 g/mol. The van der Waals surface area contributed by atoms with Gasteiger partial charge in [-0.3, -0.25) is 4.98 Å². The van der Waals surface area contributed by atoms with E-state index in [1.165, 1.54) is 7.11 Å². The van der Waals surface area contributed by atoms with Crippen LogP contribution in [0.25, 0.3) is 5.69 Å². The highest BCUT2D eigenvalue weighted by molar-refractivity contribution is 7.80. The van der Waals surface area contributed by atoms with E-state index < -0.39 is 0 Å². The summed E-state index contributed by atoms with van der Waals surface area (Å²) in [4.78, 5) is 18.8. The zero-order chi connectivity index (χ0) is 21.1. The fraction of sp³-hybridized carbons (Fsp3) is 0.261. The lowest BCUT2D eigenvalue weighted by molar-refractivity contribution is 0.0600. The fourth-order valence-electron chi connectivity index (χ4n) is 3.98. The van der Waals surface area contributed by atoms with Crippen LogP contribution in [0, 0.1) is 0 Å². The quantitative estimate of drug-likeness (QED) is 0.480. The summed E-state index contributed by atoms with van der Waals surface area (Å²) in [5.74, 6) is -0.353. The number of pyridine rings is 1. The van der Waals surface area contributed by atoms with Crippen molar-refractivity contribution in [1.29, 1.82) is 0 Å². The van der Waals surface area contributed by atoms with Gasteiger partial charge < -0.3 is 19.5 Å². The monoisotopic (exact) mass is 420 g/mol. The van der Waals surface area contributed by atoms with Gasteiger partial charge in [-0.15, -0.1) is 0 Å². The molecule has 0 aliphatic carbocycles. The molecule has 1 aliphatic heterocycles. The number of carbonyl (C=O) groups excluding carboxylic acids is 1. The van der Waals surface area contributed by atoms with Crippen molar-refractivity contribution in [2.45, 2.75) is 25.4 Å². The first-order valence-corrected chi connectivity index (χ1v) is 10.4. The van der Waals surface area contributed by atoms with Crippen molar-refractivity contribution < 1.29 is 9.53 Å². The van der Waals surface area contributed by atoms with Crippen LogP contribution < -0.4 is 5.32 Å². The molecule has 7 heteroatoms. The van der Waals surface area contributed by atoms with E-state index in [0.29, 0.717) is 5.56 Å². The first kappa shape index (κ1) is 20.1. The molecule has 6 nitrogen and oxygen atoms in total. The minimum Gasteiger partial charge on any atom is -0.465 e. The van der Waals surface area contributed by atoms with Gasteiger partial charge in [-0.2, -0.15) is 0 Å². The molecule has 3 aromatic rings. The molecule has 4 rings (SSSR count). The third-order valence-corrected chi connectivity index (χ3v) is 5.64. The predicted molar refractivity (Wildman–Crippen MR) is 120 cm³/mol. The Morgan fingerprint density at radius 2 is 2.07 bits per heavy atom. The normalized spacial score (nSPS) is 18.3. The second kappa shape index (κ2) is 8.67. The Labute approximate surface area is 181 Å². The van der Waals surface area contributed by atoms with Gasteiger partial charge in [-0.1, -0.05) is 19.1 Å². The number of hydrogen-bond acceptors (Lipinski definition) is 4. The largest absolute Gasteiger partial charge is 0.465 e. The maximum Gasteiger partial charge on any atom is 0.337 e. The molecule has 1 aromatic carbocycles. The van der Waals surface area contributed by atoms with E-state index in [9.17, 15) is 4.79 Å². The highest BCUT2D eigenvalue weighted by atomic mass is 32.1. The Balaban J connectivity index is 1.79. The zero-order valence-corrected chi connectivity index (χ0v) is 17.8. The average Bonchev–Trinajstić information content (AvgIpc) is 3.39. The van der Waals surface area contributed by atoms with E-state index in [1.54, 1.807) is 12.3 Å². The van der Waals surface area contributed by atoms with Crippen LogP contribution in [0.3, 0.4) is 0 Å². The third kappa shape index (κ3) is 3.68. The Hall–Kier alpha value is -3.19. The lowest BCUT2D eigenvalue weighted by Gasteiger charge is -2.28. The van der Waals surface area contributed by atoms with Crippen molar-refractivity contribution in [2.24, 2.45) is 0 Å². The first-order chi connectivity index (χ1) is 14.6. The molecule has 0 saturated carbocycles. The van der Waals surface area contributed by atoms with Crippen molar-refractivity contribution in [2.75, 3.05) is 13.7 Å². The van der Waals surface area contributed by atoms with Crippen LogP contribution in [0.5, 0.6) is 0 Å². The van der Waals surface area contributed by atoms with Crippen LogP contribution in [0.1, 0.15) is 47.2 Å². The summed E-state index contributed by atoms with van der Waals surface area (Å²) in [5, 5.41) is 4.20. The first-order valence-electron chi connectivity index (χ1n) is 9.98. The number of ether oxygens (including phenoxy) is 1. The van der Waals surface area contributed by atoms with E-state index in [2.05, 4.69) is 32.8 Å². The average molecular weight is 421 g/mol. The number of aromatic nitrogens is 2. The molecule has 1 saturated heterocycles. The molecule has 1 N–H and O–H groups in total. The van der Waals surface area contributed by atoms with Crippen molar-refractivity contribution in [1.82, 2.24) is 19.8 Å². The molecule has 1 fully saturated rings. The topological polar surface area (TPSA) is 59.4 Å². The van der Waals surface area contributed by atoms with Crippen LogP contribution in [-0.2, 0) is 4.74 Å². The number of carbonyl (C=O) groups is 1. The molecule has 0 amide bonds. The SMILES string of the molecule is CCCN1C(=S)NC(c2ccccn2)C1c1cccn1-c1cccc(C(=O)OC)c1. The number of benzene rings is 1. The summed E-state index contributed by atoms with van der Waals surface area (Å²) in [7, 11) is 1.39. The minimum atomic E-state index is -0.353. The highest BCUT2D eigenvalue weighted by Crippen LogP contribution is 2.39. The van der Waals surface area contributed by atoms with Gasteiger partial charge in [0.25, 0.3) is 0 Å². The smallest absolute Gasteiger partial charge is 0.337 e. The fourth-order valence-corrected chi connectivity index (χ4v) is 4.31. The van der Waals surface area contributed by atoms with Gasteiger partial charge in [-0.05, 0) is 61.1 Å². The Bertz CT molecular complexity index is 1050. The summed E-state index contributed by atoms with van der Waals surface area (Å²) in [6, 6.07) is 17.4. The van der Waals surface area contributed by atoms with E-state index >= 15 is 0 Å². The molecule has 2 unspecified atom stereocenters. The molecule has 1 aliphatic rings. The van der Waals surface area contributed by atoms with Crippen LogP contribution in [0.2, 0.25) is 0 Å². The van der Waals surface area contributed by atoms with Gasteiger partial charge in [0, 0.05) is 30.3 Å². The number of rotatable bonds is 6.